The number of carboxylic acids is 2. The number of nitrogens with zero attached hydrogens (tertiary/aromatic N) is 1. The van der Waals surface area contributed by atoms with Crippen molar-refractivity contribution >= 4 is 57.6 Å². The van der Waals surface area contributed by atoms with Crippen LogP contribution in [0.2, 0.25) is 0 Å². The fraction of sp³-hybridized carbons (Fsp3) is 0.522. The Balaban J connectivity index is 0.000000332. The van der Waals surface area contributed by atoms with Gasteiger partial charge in [0.05, 0.1) is 30.3 Å². The van der Waals surface area contributed by atoms with E-state index in [1.165, 1.54) is 22.7 Å². The third-order valence-electron chi connectivity index (χ3n) is 6.91. The average molecular weight is 591 g/mol. The molecule has 5 heterocycles. The van der Waals surface area contributed by atoms with Crippen LogP contribution >= 0.6 is 39.7 Å². The molecule has 1 unspecified atom stereocenters. The molecule has 0 aliphatic carbocycles. The molecule has 2 aromatic heterocycles. The first-order chi connectivity index (χ1) is 16.0. The van der Waals surface area contributed by atoms with Crippen molar-refractivity contribution in [3.8, 4) is 0 Å². The number of aliphatic carboxylic acids is 2. The van der Waals surface area contributed by atoms with Gasteiger partial charge in [0.2, 0.25) is 5.60 Å². The molecule has 3 aliphatic rings. The lowest BCUT2D eigenvalue weighted by atomic mass is 9.95. The van der Waals surface area contributed by atoms with Crippen LogP contribution in [0.3, 0.4) is 0 Å². The summed E-state index contributed by atoms with van der Waals surface area (Å²) in [6.45, 7) is 0. The predicted molar refractivity (Wildman–Crippen MR) is 131 cm³/mol. The van der Waals surface area contributed by atoms with Gasteiger partial charge in [0, 0.05) is 18.8 Å². The Kier molecular flexibility index (Phi) is 8.45. The molecular formula is C23H28BrNO8S2. The largest absolute Gasteiger partial charge is 0.550 e. The first kappa shape index (κ1) is 27.8. The SMILES string of the molecule is Br.C[N+]1(C)[C@@H]2CC(OC(=O)C(O)(c3cccs3)c3cccs3)C[C@H]1[C@@H]1O[C@@H]12.O=C([O-])CCC(=O)O. The van der Waals surface area contributed by atoms with Gasteiger partial charge in [-0.05, 0) is 29.3 Å². The van der Waals surface area contributed by atoms with Crippen LogP contribution in [0.25, 0.3) is 0 Å². The molecule has 35 heavy (non-hydrogen) atoms. The Labute approximate surface area is 221 Å². The second kappa shape index (κ2) is 10.7. The van der Waals surface area contributed by atoms with Gasteiger partial charge in [-0.3, -0.25) is 4.79 Å². The number of carbonyl (C=O) groups excluding carboxylic acids is 2. The van der Waals surface area contributed by atoms with Crippen LogP contribution in [0.4, 0.5) is 0 Å². The highest BCUT2D eigenvalue weighted by Gasteiger charge is 2.71. The van der Waals surface area contributed by atoms with Gasteiger partial charge in [-0.15, -0.1) is 39.7 Å². The summed E-state index contributed by atoms with van der Waals surface area (Å²) in [6.07, 6.45) is 1.28. The number of quaternary nitrogens is 1. The van der Waals surface area contributed by atoms with Crippen LogP contribution < -0.4 is 5.11 Å². The first-order valence-corrected chi connectivity index (χ1v) is 12.7. The average Bonchev–Trinajstić information content (AvgIpc) is 3.11. The zero-order chi connectivity index (χ0) is 24.7. The van der Waals surface area contributed by atoms with Crippen molar-refractivity contribution in [1.29, 1.82) is 0 Å². The summed E-state index contributed by atoms with van der Waals surface area (Å²) in [7, 11) is 4.49. The van der Waals surface area contributed by atoms with E-state index in [-0.39, 0.29) is 29.5 Å². The Hall–Kier alpha value is -1.83. The van der Waals surface area contributed by atoms with Crippen molar-refractivity contribution in [2.75, 3.05) is 14.1 Å². The minimum Gasteiger partial charge on any atom is -0.550 e. The summed E-state index contributed by atoms with van der Waals surface area (Å²) >= 11 is 2.74. The van der Waals surface area contributed by atoms with E-state index in [1.54, 1.807) is 12.1 Å². The number of esters is 1. The monoisotopic (exact) mass is 589 g/mol. The summed E-state index contributed by atoms with van der Waals surface area (Å²) in [5, 5.41) is 32.5. The zero-order valence-electron chi connectivity index (χ0n) is 19.2. The maximum Gasteiger partial charge on any atom is 0.349 e. The molecule has 0 aromatic carbocycles. The second-order valence-corrected chi connectivity index (χ2v) is 11.2. The molecule has 0 saturated carbocycles. The number of likely N-dealkylation sites (N-methyl/N-ethyl adjacent to an activating group) is 1. The molecule has 2 aromatic rings. The lowest BCUT2D eigenvalue weighted by molar-refractivity contribution is -0.938. The molecule has 9 nitrogen and oxygen atoms in total. The number of thiophene rings is 2. The van der Waals surface area contributed by atoms with Gasteiger partial charge in [0.1, 0.15) is 30.4 Å². The van der Waals surface area contributed by atoms with Crippen LogP contribution in [-0.4, -0.2) is 77.1 Å². The Morgan fingerprint density at radius 2 is 1.60 bits per heavy atom. The number of piperidine rings is 1. The summed E-state index contributed by atoms with van der Waals surface area (Å²) < 4.78 is 12.6. The number of halogens is 1. The molecular weight excluding hydrogens is 562 g/mol. The van der Waals surface area contributed by atoms with Crippen molar-refractivity contribution in [2.24, 2.45) is 0 Å². The highest BCUT2D eigenvalue weighted by atomic mass is 79.9. The summed E-state index contributed by atoms with van der Waals surface area (Å²) in [6, 6.07) is 8.01. The molecule has 3 fully saturated rings. The third-order valence-corrected chi connectivity index (χ3v) is 8.86. The van der Waals surface area contributed by atoms with Crippen LogP contribution in [0, 0.1) is 0 Å². The molecule has 12 heteroatoms. The second-order valence-electron chi connectivity index (χ2n) is 9.26. The van der Waals surface area contributed by atoms with Crippen molar-refractivity contribution in [2.45, 2.75) is 61.7 Å². The topological polar surface area (TPSA) is 136 Å². The van der Waals surface area contributed by atoms with E-state index in [0.717, 1.165) is 17.3 Å². The number of epoxide rings is 1. The van der Waals surface area contributed by atoms with Crippen LogP contribution in [0.15, 0.2) is 35.0 Å². The minimum atomic E-state index is -1.72. The molecule has 3 aliphatic heterocycles. The number of aliphatic hydroxyl groups is 1. The molecule has 3 saturated heterocycles. The fourth-order valence-electron chi connectivity index (χ4n) is 5.04. The molecule has 0 radical (unpaired) electrons. The van der Waals surface area contributed by atoms with Crippen molar-refractivity contribution in [3.63, 3.8) is 0 Å². The number of carboxylic acid groups (broad SMARTS) is 2. The van der Waals surface area contributed by atoms with Gasteiger partial charge in [-0.25, -0.2) is 4.79 Å². The van der Waals surface area contributed by atoms with Gasteiger partial charge in [0.25, 0.3) is 0 Å². The first-order valence-electron chi connectivity index (χ1n) is 11.0. The van der Waals surface area contributed by atoms with E-state index in [2.05, 4.69) is 14.1 Å². The molecule has 0 spiro atoms. The number of hydrogen-bond donors (Lipinski definition) is 2. The van der Waals surface area contributed by atoms with Crippen molar-refractivity contribution < 1.29 is 43.7 Å². The quantitative estimate of drug-likeness (QED) is 0.282. The van der Waals surface area contributed by atoms with E-state index in [9.17, 15) is 24.6 Å². The summed E-state index contributed by atoms with van der Waals surface area (Å²) in [5.41, 5.74) is -1.72. The molecule has 2 N–H and O–H groups in total. The number of hydrogen-bond acceptors (Lipinski definition) is 9. The Morgan fingerprint density at radius 3 is 1.97 bits per heavy atom. The van der Waals surface area contributed by atoms with Gasteiger partial charge in [-0.2, -0.15) is 0 Å². The van der Waals surface area contributed by atoms with E-state index < -0.39 is 29.9 Å². The highest BCUT2D eigenvalue weighted by Crippen LogP contribution is 2.52. The van der Waals surface area contributed by atoms with Gasteiger partial charge >= 0.3 is 11.9 Å². The standard InChI is InChI=1S/C19H22NO4S2.C4H6O4.BrH/c1-20(2)12-9-11(10-13(20)17-16(12)24-17)23-18(21)19(22,14-5-3-7-25-14)15-6-4-8-26-15;5-3(6)1-2-4(7)8;/h3-8,11-13,16-17,22H,9-10H2,1-2H3;1-2H2,(H,5,6)(H,7,8);1H/q+1;;/p-1/t11?,12-,13+,16-,17+;;. The molecule has 0 amide bonds. The van der Waals surface area contributed by atoms with E-state index in [4.69, 9.17) is 14.6 Å². The fourth-order valence-corrected chi connectivity index (χ4v) is 6.75. The lowest BCUT2D eigenvalue weighted by Gasteiger charge is -2.45. The van der Waals surface area contributed by atoms with E-state index in [1.807, 2.05) is 22.9 Å². The highest BCUT2D eigenvalue weighted by molar-refractivity contribution is 8.93. The van der Waals surface area contributed by atoms with Crippen molar-refractivity contribution in [3.05, 3.63) is 44.8 Å². The number of fused-ring (bicyclic) bond motifs is 5. The Bertz CT molecular complexity index is 974. The lowest BCUT2D eigenvalue weighted by Crippen LogP contribution is -2.60. The summed E-state index contributed by atoms with van der Waals surface area (Å²) in [5.74, 6) is -3.00. The zero-order valence-corrected chi connectivity index (χ0v) is 22.5. The van der Waals surface area contributed by atoms with Gasteiger partial charge in [-0.1, -0.05) is 12.1 Å². The number of carbonyl (C=O) groups is 3. The minimum absolute atomic E-state index is 0. The third kappa shape index (κ3) is 5.47. The van der Waals surface area contributed by atoms with Crippen LogP contribution in [0.5, 0.6) is 0 Å². The molecule has 5 rings (SSSR count). The smallest absolute Gasteiger partial charge is 0.349 e. The van der Waals surface area contributed by atoms with E-state index >= 15 is 0 Å². The van der Waals surface area contributed by atoms with Crippen molar-refractivity contribution in [1.82, 2.24) is 0 Å². The maximum absolute atomic E-state index is 13.1. The predicted octanol–water partition coefficient (Wildman–Crippen LogP) is 1.52. The molecule has 192 valence electrons. The number of morpholine rings is 1. The Morgan fingerprint density at radius 1 is 1.09 bits per heavy atom. The number of ether oxygens (including phenoxy) is 2. The van der Waals surface area contributed by atoms with Gasteiger partial charge < -0.3 is 34.1 Å². The van der Waals surface area contributed by atoms with Crippen LogP contribution in [0.1, 0.15) is 35.4 Å². The van der Waals surface area contributed by atoms with E-state index in [0.29, 0.717) is 34.0 Å². The number of rotatable bonds is 7. The normalized spacial score (nSPS) is 27.5. The molecule has 5 atom stereocenters. The van der Waals surface area contributed by atoms with Crippen LogP contribution in [-0.2, 0) is 29.5 Å². The van der Waals surface area contributed by atoms with Gasteiger partial charge in [0.15, 0.2) is 0 Å². The maximum atomic E-state index is 13.1. The molecule has 2 bridgehead atoms. The summed E-state index contributed by atoms with van der Waals surface area (Å²) in [4.78, 5) is 33.5.